The van der Waals surface area contributed by atoms with Crippen LogP contribution in [0.2, 0.25) is 0 Å². The summed E-state index contributed by atoms with van der Waals surface area (Å²) < 4.78 is 12.6. The van der Waals surface area contributed by atoms with Gasteiger partial charge in [0.1, 0.15) is 5.82 Å². The molecule has 1 nitrogen and oxygen atoms in total. The van der Waals surface area contributed by atoms with Crippen LogP contribution in [0, 0.1) is 19.7 Å². The van der Waals surface area contributed by atoms with Gasteiger partial charge in [0, 0.05) is 0 Å². The van der Waals surface area contributed by atoms with Crippen LogP contribution in [0.3, 0.4) is 0 Å². The van der Waals surface area contributed by atoms with Crippen molar-refractivity contribution < 1.29 is 9.50 Å². The lowest BCUT2D eigenvalue weighted by Crippen LogP contribution is -2.10. The van der Waals surface area contributed by atoms with Gasteiger partial charge in [0.2, 0.25) is 0 Å². The number of aliphatic hydroxyl groups is 1. The Labute approximate surface area is 98.6 Å². The van der Waals surface area contributed by atoms with E-state index >= 15 is 0 Å². The lowest BCUT2D eigenvalue weighted by Gasteiger charge is -2.04. The Morgan fingerprint density at radius 3 is 1.75 bits per heavy atom. The zero-order valence-corrected chi connectivity index (χ0v) is 11.0. The summed E-state index contributed by atoms with van der Waals surface area (Å²) in [4.78, 5) is 0. The van der Waals surface area contributed by atoms with Crippen LogP contribution >= 0.6 is 0 Å². The van der Waals surface area contributed by atoms with Gasteiger partial charge in [0.05, 0.1) is 5.60 Å². The van der Waals surface area contributed by atoms with Gasteiger partial charge in [-0.3, -0.25) is 0 Å². The third kappa shape index (κ3) is 12.8. The van der Waals surface area contributed by atoms with Crippen molar-refractivity contribution in [3.8, 4) is 0 Å². The van der Waals surface area contributed by atoms with Crippen molar-refractivity contribution >= 4 is 0 Å². The number of halogens is 1. The van der Waals surface area contributed by atoms with E-state index in [-0.39, 0.29) is 5.82 Å². The zero-order valence-electron chi connectivity index (χ0n) is 11.0. The van der Waals surface area contributed by atoms with Crippen molar-refractivity contribution in [3.63, 3.8) is 0 Å². The fourth-order valence-electron chi connectivity index (χ4n) is 0.698. The van der Waals surface area contributed by atoms with Gasteiger partial charge in [-0.1, -0.05) is 12.1 Å². The third-order valence-corrected chi connectivity index (χ3v) is 1.33. The molecule has 0 spiro atoms. The van der Waals surface area contributed by atoms with Crippen LogP contribution in [-0.2, 0) is 0 Å². The van der Waals surface area contributed by atoms with E-state index in [4.69, 9.17) is 5.11 Å². The van der Waals surface area contributed by atoms with Crippen LogP contribution in [0.4, 0.5) is 4.39 Å². The normalized spacial score (nSPS) is 9.44. The quantitative estimate of drug-likeness (QED) is 0.662. The molecular formula is C14H23FO. The Hall–Kier alpha value is -1.15. The molecule has 0 fully saturated rings. The molecule has 0 heterocycles. The molecule has 1 aromatic carbocycles. The van der Waals surface area contributed by atoms with Crippen molar-refractivity contribution in [2.75, 3.05) is 0 Å². The van der Waals surface area contributed by atoms with Gasteiger partial charge in [-0.2, -0.15) is 0 Å². The van der Waals surface area contributed by atoms with Crippen molar-refractivity contribution in [1.82, 2.24) is 0 Å². The Kier molecular flexibility index (Phi) is 8.68. The molecule has 0 unspecified atom stereocenters. The third-order valence-electron chi connectivity index (χ3n) is 1.33. The highest BCUT2D eigenvalue weighted by Gasteiger charge is 1.97. The lowest BCUT2D eigenvalue weighted by atomic mass is 10.2. The van der Waals surface area contributed by atoms with E-state index in [1.54, 1.807) is 33.8 Å². The zero-order chi connectivity index (χ0) is 13.4. The first kappa shape index (κ1) is 17.3. The number of aryl methyl sites for hydroxylation is 2. The monoisotopic (exact) mass is 226 g/mol. The van der Waals surface area contributed by atoms with E-state index in [1.807, 2.05) is 13.0 Å². The summed E-state index contributed by atoms with van der Waals surface area (Å²) in [5.41, 5.74) is 1.18. The Morgan fingerprint density at radius 2 is 1.50 bits per heavy atom. The van der Waals surface area contributed by atoms with Crippen LogP contribution in [0.15, 0.2) is 31.4 Å². The molecule has 2 heteroatoms. The number of benzene rings is 1. The van der Waals surface area contributed by atoms with Crippen molar-refractivity contribution in [3.05, 3.63) is 48.3 Å². The molecule has 0 aliphatic carbocycles. The van der Waals surface area contributed by atoms with E-state index in [2.05, 4.69) is 13.2 Å². The van der Waals surface area contributed by atoms with Gasteiger partial charge in [0.15, 0.2) is 0 Å². The van der Waals surface area contributed by atoms with Crippen molar-refractivity contribution in [2.45, 2.75) is 40.2 Å². The average Bonchev–Trinajstić information content (AvgIpc) is 2.13. The summed E-state index contributed by atoms with van der Waals surface area (Å²) in [5.74, 6) is -0.116. The van der Waals surface area contributed by atoms with Gasteiger partial charge in [0.25, 0.3) is 0 Å². The SMILES string of the molecule is C=C.CC(C)(C)O.Cc1ccc(C)c(F)c1. The van der Waals surface area contributed by atoms with E-state index in [1.165, 1.54) is 6.07 Å². The van der Waals surface area contributed by atoms with Crippen LogP contribution in [0.1, 0.15) is 31.9 Å². The molecule has 16 heavy (non-hydrogen) atoms. The number of hydrogen-bond acceptors (Lipinski definition) is 1. The maximum Gasteiger partial charge on any atom is 0.126 e. The highest BCUT2D eigenvalue weighted by molar-refractivity contribution is 5.21. The van der Waals surface area contributed by atoms with Crippen LogP contribution < -0.4 is 0 Å². The standard InChI is InChI=1S/C8H9F.C4H10O.C2H4/c1-6-3-4-7(2)8(9)5-6;1-4(2,3)5;1-2/h3-5H,1-2H3;5H,1-3H3;1-2H2. The van der Waals surface area contributed by atoms with Gasteiger partial charge < -0.3 is 5.11 Å². The second kappa shape index (κ2) is 8.05. The molecule has 1 N–H and O–H groups in total. The second-order valence-electron chi connectivity index (χ2n) is 4.42. The molecule has 0 atom stereocenters. The topological polar surface area (TPSA) is 20.2 Å². The van der Waals surface area contributed by atoms with E-state index in [9.17, 15) is 4.39 Å². The summed E-state index contributed by atoms with van der Waals surface area (Å²) in [7, 11) is 0. The Morgan fingerprint density at radius 1 is 1.12 bits per heavy atom. The summed E-state index contributed by atoms with van der Waals surface area (Å²) in [6.07, 6.45) is 0. The summed E-state index contributed by atoms with van der Waals surface area (Å²) in [6.45, 7) is 14.9. The predicted octanol–water partition coefficient (Wildman–Crippen LogP) is 4.02. The first-order valence-corrected chi connectivity index (χ1v) is 5.15. The van der Waals surface area contributed by atoms with Crippen LogP contribution in [0.25, 0.3) is 0 Å². The average molecular weight is 226 g/mol. The molecule has 0 saturated heterocycles. The lowest BCUT2D eigenvalue weighted by molar-refractivity contribution is 0.102. The van der Waals surface area contributed by atoms with Crippen molar-refractivity contribution in [2.24, 2.45) is 0 Å². The molecule has 0 saturated carbocycles. The summed E-state index contributed by atoms with van der Waals surface area (Å²) in [5, 5.41) is 8.52. The van der Waals surface area contributed by atoms with Gasteiger partial charge >= 0.3 is 0 Å². The first-order valence-electron chi connectivity index (χ1n) is 5.15. The maximum atomic E-state index is 12.6. The minimum absolute atomic E-state index is 0.116. The summed E-state index contributed by atoms with van der Waals surface area (Å²) >= 11 is 0. The summed E-state index contributed by atoms with van der Waals surface area (Å²) in [6, 6.07) is 5.22. The smallest absolute Gasteiger partial charge is 0.126 e. The molecule has 0 amide bonds. The van der Waals surface area contributed by atoms with E-state index < -0.39 is 5.60 Å². The number of rotatable bonds is 0. The molecule has 0 aliphatic rings. The first-order chi connectivity index (χ1) is 7.20. The van der Waals surface area contributed by atoms with Gasteiger partial charge in [-0.05, 0) is 51.8 Å². The van der Waals surface area contributed by atoms with E-state index in [0.717, 1.165) is 5.56 Å². The minimum atomic E-state index is -0.500. The maximum absolute atomic E-state index is 12.6. The fourth-order valence-corrected chi connectivity index (χ4v) is 0.698. The number of hydrogen-bond donors (Lipinski definition) is 1. The molecule has 0 bridgehead atoms. The minimum Gasteiger partial charge on any atom is -0.391 e. The Bertz CT molecular complexity index is 294. The molecule has 0 aliphatic heterocycles. The molecule has 0 aromatic heterocycles. The molecule has 92 valence electrons. The fraction of sp³-hybridized carbons (Fsp3) is 0.429. The molecule has 0 radical (unpaired) electrons. The highest BCUT2D eigenvalue weighted by Crippen LogP contribution is 2.06. The largest absolute Gasteiger partial charge is 0.391 e. The van der Waals surface area contributed by atoms with Crippen LogP contribution in [-0.4, -0.2) is 10.7 Å². The molecule has 1 aromatic rings. The van der Waals surface area contributed by atoms with Gasteiger partial charge in [-0.15, -0.1) is 13.2 Å². The predicted molar refractivity (Wildman–Crippen MR) is 69.1 cm³/mol. The molecular weight excluding hydrogens is 203 g/mol. The highest BCUT2D eigenvalue weighted by atomic mass is 19.1. The van der Waals surface area contributed by atoms with Crippen LogP contribution in [0.5, 0.6) is 0 Å². The van der Waals surface area contributed by atoms with E-state index in [0.29, 0.717) is 5.56 Å². The van der Waals surface area contributed by atoms with Gasteiger partial charge in [-0.25, -0.2) is 4.39 Å². The van der Waals surface area contributed by atoms with Crippen molar-refractivity contribution in [1.29, 1.82) is 0 Å². The Balaban J connectivity index is 0. The second-order valence-corrected chi connectivity index (χ2v) is 4.42. The molecule has 1 rings (SSSR count).